The molecule has 2 N–H and O–H groups in total. The molecule has 15 heavy (non-hydrogen) atoms. The zero-order valence-electron chi connectivity index (χ0n) is 8.35. The van der Waals surface area contributed by atoms with E-state index in [9.17, 15) is 0 Å². The van der Waals surface area contributed by atoms with Crippen LogP contribution in [-0.2, 0) is 4.74 Å². The maximum absolute atomic E-state index is 5.94. The lowest BCUT2D eigenvalue weighted by atomic mass is 9.95. The molecule has 0 bridgehead atoms. The van der Waals surface area contributed by atoms with Gasteiger partial charge in [-0.25, -0.2) is 0 Å². The number of benzene rings is 1. The van der Waals surface area contributed by atoms with Crippen LogP contribution >= 0.6 is 11.6 Å². The van der Waals surface area contributed by atoms with Crippen molar-refractivity contribution in [2.24, 2.45) is 0 Å². The predicted molar refractivity (Wildman–Crippen MR) is 61.7 cm³/mol. The van der Waals surface area contributed by atoms with Crippen LogP contribution in [0.4, 0.5) is 11.4 Å². The molecule has 1 saturated heterocycles. The summed E-state index contributed by atoms with van der Waals surface area (Å²) >= 11 is 5.94. The fourth-order valence-electron chi connectivity index (χ4n) is 2.21. The van der Waals surface area contributed by atoms with E-state index in [-0.39, 0.29) is 5.54 Å². The highest BCUT2D eigenvalue weighted by Crippen LogP contribution is 2.35. The second kappa shape index (κ2) is 3.29. The summed E-state index contributed by atoms with van der Waals surface area (Å²) in [5.74, 6) is 0. The highest BCUT2D eigenvalue weighted by Gasteiger charge is 2.37. The van der Waals surface area contributed by atoms with Gasteiger partial charge in [0.2, 0.25) is 0 Å². The Morgan fingerprint density at radius 3 is 3.07 bits per heavy atom. The first-order chi connectivity index (χ1) is 7.27. The molecule has 1 fully saturated rings. The van der Waals surface area contributed by atoms with Gasteiger partial charge in [-0.1, -0.05) is 11.6 Å². The van der Waals surface area contributed by atoms with Crippen molar-refractivity contribution in [1.82, 2.24) is 0 Å². The Labute approximate surface area is 93.8 Å². The van der Waals surface area contributed by atoms with E-state index in [1.165, 1.54) is 0 Å². The number of nitrogens with one attached hydrogen (secondary N) is 2. The average Bonchev–Trinajstić information content (AvgIpc) is 2.67. The third-order valence-corrected chi connectivity index (χ3v) is 3.34. The molecule has 3 nitrogen and oxygen atoms in total. The molecule has 0 aromatic heterocycles. The number of fused-ring (bicyclic) bond motifs is 1. The standard InChI is InChI=1S/C11H13ClN2O/c12-8-1-2-9-10(5-8)13-6-11(14-9)3-4-15-7-11/h1-2,5,13-14H,3-4,6-7H2. The molecule has 2 aliphatic heterocycles. The zero-order chi connectivity index (χ0) is 10.3. The summed E-state index contributed by atoms with van der Waals surface area (Å²) in [5, 5.41) is 7.73. The Kier molecular flexibility index (Phi) is 2.04. The monoisotopic (exact) mass is 224 g/mol. The van der Waals surface area contributed by atoms with Gasteiger partial charge >= 0.3 is 0 Å². The van der Waals surface area contributed by atoms with Crippen molar-refractivity contribution in [2.75, 3.05) is 30.4 Å². The van der Waals surface area contributed by atoms with E-state index in [2.05, 4.69) is 10.6 Å². The van der Waals surface area contributed by atoms with Crippen LogP contribution < -0.4 is 10.6 Å². The van der Waals surface area contributed by atoms with Crippen LogP contribution in [-0.4, -0.2) is 25.3 Å². The Morgan fingerprint density at radius 2 is 2.27 bits per heavy atom. The third kappa shape index (κ3) is 1.56. The van der Waals surface area contributed by atoms with Crippen molar-refractivity contribution in [3.8, 4) is 0 Å². The molecule has 0 amide bonds. The van der Waals surface area contributed by atoms with Gasteiger partial charge in [-0.2, -0.15) is 0 Å². The summed E-state index contributed by atoms with van der Waals surface area (Å²) < 4.78 is 5.45. The average molecular weight is 225 g/mol. The summed E-state index contributed by atoms with van der Waals surface area (Å²) in [6.07, 6.45) is 1.06. The fourth-order valence-corrected chi connectivity index (χ4v) is 2.38. The molecule has 80 valence electrons. The van der Waals surface area contributed by atoms with Crippen LogP contribution in [0.2, 0.25) is 5.02 Å². The van der Waals surface area contributed by atoms with E-state index < -0.39 is 0 Å². The van der Waals surface area contributed by atoms with E-state index in [4.69, 9.17) is 16.3 Å². The van der Waals surface area contributed by atoms with Gasteiger partial charge in [-0.3, -0.25) is 0 Å². The van der Waals surface area contributed by atoms with Gasteiger partial charge in [0.25, 0.3) is 0 Å². The summed E-state index contributed by atoms with van der Waals surface area (Å²) in [4.78, 5) is 0. The lowest BCUT2D eigenvalue weighted by Crippen LogP contribution is -2.48. The lowest BCUT2D eigenvalue weighted by molar-refractivity contribution is 0.184. The van der Waals surface area contributed by atoms with Crippen LogP contribution in [0.15, 0.2) is 18.2 Å². The Morgan fingerprint density at radius 1 is 1.33 bits per heavy atom. The number of ether oxygens (including phenoxy) is 1. The zero-order valence-corrected chi connectivity index (χ0v) is 9.10. The minimum atomic E-state index is 0.0842. The first-order valence-corrected chi connectivity index (χ1v) is 5.55. The summed E-state index contributed by atoms with van der Waals surface area (Å²) in [6.45, 7) is 2.53. The van der Waals surface area contributed by atoms with Crippen LogP contribution in [0, 0.1) is 0 Å². The molecule has 0 saturated carbocycles. The number of hydrogen-bond acceptors (Lipinski definition) is 3. The molecule has 1 aromatic rings. The van der Waals surface area contributed by atoms with Crippen molar-refractivity contribution in [3.63, 3.8) is 0 Å². The molecule has 4 heteroatoms. The molecule has 1 unspecified atom stereocenters. The van der Waals surface area contributed by atoms with Crippen LogP contribution in [0.5, 0.6) is 0 Å². The van der Waals surface area contributed by atoms with Crippen molar-refractivity contribution in [1.29, 1.82) is 0 Å². The lowest BCUT2D eigenvalue weighted by Gasteiger charge is -2.36. The summed E-state index contributed by atoms with van der Waals surface area (Å²) in [6, 6.07) is 5.88. The molecule has 1 spiro atoms. The fraction of sp³-hybridized carbons (Fsp3) is 0.455. The topological polar surface area (TPSA) is 33.3 Å². The quantitative estimate of drug-likeness (QED) is 0.710. The molecule has 1 aromatic carbocycles. The van der Waals surface area contributed by atoms with Crippen LogP contribution in [0.25, 0.3) is 0 Å². The van der Waals surface area contributed by atoms with Crippen molar-refractivity contribution >= 4 is 23.0 Å². The second-order valence-electron chi connectivity index (χ2n) is 4.25. The number of halogens is 1. The first-order valence-electron chi connectivity index (χ1n) is 5.17. The third-order valence-electron chi connectivity index (χ3n) is 3.10. The van der Waals surface area contributed by atoms with Gasteiger partial charge < -0.3 is 15.4 Å². The Bertz CT molecular complexity index is 388. The molecule has 3 rings (SSSR count). The first kappa shape index (κ1) is 9.31. The van der Waals surface area contributed by atoms with Crippen LogP contribution in [0.1, 0.15) is 6.42 Å². The normalized spacial score (nSPS) is 28.3. The number of hydrogen-bond donors (Lipinski definition) is 2. The smallest absolute Gasteiger partial charge is 0.0801 e. The van der Waals surface area contributed by atoms with E-state index >= 15 is 0 Å². The van der Waals surface area contributed by atoms with Gasteiger partial charge in [0.15, 0.2) is 0 Å². The number of anilines is 2. The molecule has 0 aliphatic carbocycles. The van der Waals surface area contributed by atoms with Crippen molar-refractivity contribution in [3.05, 3.63) is 23.2 Å². The minimum absolute atomic E-state index is 0.0842. The minimum Gasteiger partial charge on any atom is -0.381 e. The highest BCUT2D eigenvalue weighted by molar-refractivity contribution is 6.31. The maximum atomic E-state index is 5.94. The summed E-state index contributed by atoms with van der Waals surface area (Å²) in [7, 11) is 0. The largest absolute Gasteiger partial charge is 0.381 e. The molecule has 2 heterocycles. The highest BCUT2D eigenvalue weighted by atomic mass is 35.5. The predicted octanol–water partition coefficient (Wildman–Crippen LogP) is 2.34. The molecule has 2 aliphatic rings. The van der Waals surface area contributed by atoms with Crippen LogP contribution in [0.3, 0.4) is 0 Å². The van der Waals surface area contributed by atoms with Crippen molar-refractivity contribution in [2.45, 2.75) is 12.0 Å². The SMILES string of the molecule is Clc1ccc2c(c1)NCC1(CCOC1)N2. The Balaban J connectivity index is 1.93. The molecule has 1 atom stereocenters. The van der Waals surface area contributed by atoms with E-state index in [0.29, 0.717) is 0 Å². The summed E-state index contributed by atoms with van der Waals surface area (Å²) in [5.41, 5.74) is 2.29. The van der Waals surface area contributed by atoms with Gasteiger partial charge in [0.05, 0.1) is 23.5 Å². The van der Waals surface area contributed by atoms with E-state index in [1.807, 2.05) is 18.2 Å². The van der Waals surface area contributed by atoms with E-state index in [1.54, 1.807) is 0 Å². The van der Waals surface area contributed by atoms with E-state index in [0.717, 1.165) is 42.6 Å². The van der Waals surface area contributed by atoms with Gasteiger partial charge in [-0.15, -0.1) is 0 Å². The van der Waals surface area contributed by atoms with Gasteiger partial charge in [0, 0.05) is 18.2 Å². The van der Waals surface area contributed by atoms with Crippen molar-refractivity contribution < 1.29 is 4.74 Å². The maximum Gasteiger partial charge on any atom is 0.0801 e. The Hall–Kier alpha value is -0.930. The van der Waals surface area contributed by atoms with Gasteiger partial charge in [0.1, 0.15) is 0 Å². The number of rotatable bonds is 0. The molecule has 0 radical (unpaired) electrons. The van der Waals surface area contributed by atoms with Gasteiger partial charge in [-0.05, 0) is 24.6 Å². The second-order valence-corrected chi connectivity index (χ2v) is 4.69. The molecular formula is C11H13ClN2O. The molecular weight excluding hydrogens is 212 g/mol.